The molecule has 0 saturated heterocycles. The van der Waals surface area contributed by atoms with E-state index in [9.17, 15) is 14.7 Å². The maximum absolute atomic E-state index is 12.2. The third-order valence-corrected chi connectivity index (χ3v) is 3.20. The third kappa shape index (κ3) is 3.87. The van der Waals surface area contributed by atoms with Gasteiger partial charge in [-0.15, -0.1) is 0 Å². The van der Waals surface area contributed by atoms with Crippen LogP contribution < -0.4 is 0 Å². The van der Waals surface area contributed by atoms with Gasteiger partial charge in [0.1, 0.15) is 5.76 Å². The largest absolute Gasteiger partial charge is 0.507 e. The molecule has 0 amide bonds. The summed E-state index contributed by atoms with van der Waals surface area (Å²) in [6.45, 7) is 1.89. The predicted octanol–water partition coefficient (Wildman–Crippen LogP) is 3.02. The summed E-state index contributed by atoms with van der Waals surface area (Å²) in [7, 11) is 0. The van der Waals surface area contributed by atoms with Crippen molar-refractivity contribution in [3.63, 3.8) is 0 Å². The maximum atomic E-state index is 12.2. The summed E-state index contributed by atoms with van der Waals surface area (Å²) in [5.41, 5.74) is 9.97. The Morgan fingerprint density at radius 1 is 1.00 bits per heavy atom. The Bertz CT molecular complexity index is 815. The Labute approximate surface area is 133 Å². The average Bonchev–Trinajstić information content (AvgIpc) is 2.56. The molecule has 2 aromatic carbocycles. The Hall–Kier alpha value is -3.30. The highest BCUT2D eigenvalue weighted by molar-refractivity contribution is 6.69. The lowest BCUT2D eigenvalue weighted by Gasteiger charge is -2.00. The van der Waals surface area contributed by atoms with E-state index in [-0.39, 0.29) is 11.3 Å². The molecule has 0 bridgehead atoms. The van der Waals surface area contributed by atoms with E-state index in [0.29, 0.717) is 5.56 Å². The molecule has 0 aromatic heterocycles. The lowest BCUT2D eigenvalue weighted by Crippen LogP contribution is -2.24. The molecule has 0 aliphatic heterocycles. The molecule has 5 nitrogen and oxygen atoms in total. The molecule has 0 saturated carbocycles. The van der Waals surface area contributed by atoms with Crippen LogP contribution in [0, 0.1) is 6.92 Å². The average molecular weight is 306 g/mol. The summed E-state index contributed by atoms with van der Waals surface area (Å²) < 4.78 is 0. The van der Waals surface area contributed by atoms with Crippen molar-refractivity contribution in [1.82, 2.24) is 0 Å². The maximum Gasteiger partial charge on any atom is 0.409 e. The van der Waals surface area contributed by atoms with Crippen LogP contribution >= 0.6 is 0 Å². The zero-order chi connectivity index (χ0) is 16.8. The molecule has 0 spiro atoms. The molecule has 114 valence electrons. The number of carbonyl (C=O) groups is 2. The number of nitrogens with zero attached hydrogens (tertiary/aromatic N) is 2. The van der Waals surface area contributed by atoms with Crippen LogP contribution in [0.3, 0.4) is 0 Å². The SMILES string of the molecule is Cc1ccc(/C(O)=C/C(=O)C(=[N+]=[N-])C(=O)c2ccccc2)cc1. The van der Waals surface area contributed by atoms with Gasteiger partial charge in [-0.05, 0) is 6.92 Å². The first-order chi connectivity index (χ1) is 11.0. The van der Waals surface area contributed by atoms with Gasteiger partial charge in [-0.25, -0.2) is 0 Å². The van der Waals surface area contributed by atoms with Gasteiger partial charge in [0.15, 0.2) is 0 Å². The minimum atomic E-state index is -0.876. The van der Waals surface area contributed by atoms with Gasteiger partial charge >= 0.3 is 5.71 Å². The molecule has 0 atom stereocenters. The van der Waals surface area contributed by atoms with Gasteiger partial charge in [-0.3, -0.25) is 9.59 Å². The zero-order valence-electron chi connectivity index (χ0n) is 12.4. The Balaban J connectivity index is 2.27. The smallest absolute Gasteiger partial charge is 0.409 e. The van der Waals surface area contributed by atoms with E-state index in [1.165, 1.54) is 12.1 Å². The number of ketones is 2. The van der Waals surface area contributed by atoms with Crippen LogP contribution in [0.25, 0.3) is 11.3 Å². The van der Waals surface area contributed by atoms with Gasteiger partial charge < -0.3 is 10.6 Å². The molecule has 2 aromatic rings. The molecular weight excluding hydrogens is 292 g/mol. The highest BCUT2D eigenvalue weighted by Crippen LogP contribution is 2.12. The fraction of sp³-hybridized carbons (Fsp3) is 0.0556. The first kappa shape index (κ1) is 16.1. The van der Waals surface area contributed by atoms with Gasteiger partial charge in [-0.1, -0.05) is 60.2 Å². The van der Waals surface area contributed by atoms with E-state index in [2.05, 4.69) is 4.79 Å². The zero-order valence-corrected chi connectivity index (χ0v) is 12.4. The minimum Gasteiger partial charge on any atom is -0.507 e. The van der Waals surface area contributed by atoms with E-state index < -0.39 is 17.3 Å². The molecule has 2 rings (SSSR count). The summed E-state index contributed by atoms with van der Waals surface area (Å²) in [6, 6.07) is 14.8. The Morgan fingerprint density at radius 3 is 2.17 bits per heavy atom. The van der Waals surface area contributed by atoms with Crippen molar-refractivity contribution in [3.8, 4) is 0 Å². The van der Waals surface area contributed by atoms with E-state index in [1.54, 1.807) is 42.5 Å². The highest BCUT2D eigenvalue weighted by atomic mass is 16.3. The second-order valence-corrected chi connectivity index (χ2v) is 4.90. The fourth-order valence-electron chi connectivity index (χ4n) is 1.93. The molecule has 0 unspecified atom stereocenters. The number of rotatable bonds is 5. The molecule has 0 fully saturated rings. The van der Waals surface area contributed by atoms with Crippen molar-refractivity contribution < 1.29 is 19.5 Å². The van der Waals surface area contributed by atoms with Crippen LogP contribution in [0.1, 0.15) is 21.5 Å². The van der Waals surface area contributed by atoms with Crippen LogP contribution in [-0.4, -0.2) is 27.2 Å². The first-order valence-electron chi connectivity index (χ1n) is 6.86. The van der Waals surface area contributed by atoms with Crippen molar-refractivity contribution in [2.24, 2.45) is 0 Å². The quantitative estimate of drug-likeness (QED) is 0.175. The number of hydrogen-bond donors (Lipinski definition) is 1. The van der Waals surface area contributed by atoms with Crippen molar-refractivity contribution in [1.29, 1.82) is 0 Å². The van der Waals surface area contributed by atoms with E-state index in [1.807, 2.05) is 6.92 Å². The molecule has 23 heavy (non-hydrogen) atoms. The molecule has 0 radical (unpaired) electrons. The van der Waals surface area contributed by atoms with E-state index in [0.717, 1.165) is 11.6 Å². The van der Waals surface area contributed by atoms with Gasteiger partial charge in [0.2, 0.25) is 0 Å². The number of Topliss-reactive ketones (excluding diaryl/α,β-unsaturated/α-hetero) is 1. The fourth-order valence-corrected chi connectivity index (χ4v) is 1.93. The van der Waals surface area contributed by atoms with Crippen molar-refractivity contribution in [2.45, 2.75) is 6.92 Å². The second kappa shape index (κ2) is 7.11. The third-order valence-electron chi connectivity index (χ3n) is 3.20. The second-order valence-electron chi connectivity index (χ2n) is 4.90. The van der Waals surface area contributed by atoms with Crippen LogP contribution in [0.15, 0.2) is 60.7 Å². The summed E-state index contributed by atoms with van der Waals surface area (Å²) in [5, 5.41) is 9.97. The number of aliphatic hydroxyl groups excluding tert-OH is 1. The summed E-state index contributed by atoms with van der Waals surface area (Å²) >= 11 is 0. The number of aliphatic hydroxyl groups is 1. The Kier molecular flexibility index (Phi) is 4.97. The number of allylic oxidation sites excluding steroid dienone is 1. The number of carbonyl (C=O) groups excluding carboxylic acids is 2. The van der Waals surface area contributed by atoms with Crippen molar-refractivity contribution in [3.05, 3.63) is 82.9 Å². The van der Waals surface area contributed by atoms with E-state index in [4.69, 9.17) is 5.53 Å². The summed E-state index contributed by atoms with van der Waals surface area (Å²) in [6.07, 6.45) is 0.862. The Morgan fingerprint density at radius 2 is 1.61 bits per heavy atom. The topological polar surface area (TPSA) is 90.8 Å². The van der Waals surface area contributed by atoms with Gasteiger partial charge in [-0.2, -0.15) is 4.79 Å². The lowest BCUT2D eigenvalue weighted by atomic mass is 10.0. The minimum absolute atomic E-state index is 0.219. The standard InChI is InChI=1S/C18H14N2O3/c1-12-7-9-13(10-8-12)15(21)11-16(22)17(20-19)18(23)14-5-3-2-4-6-14/h2-11,21H,1H3/b15-11-. The van der Waals surface area contributed by atoms with Crippen LogP contribution in [0.5, 0.6) is 0 Å². The number of aryl methyl sites for hydroxylation is 1. The van der Waals surface area contributed by atoms with Crippen LogP contribution in [0.2, 0.25) is 0 Å². The summed E-state index contributed by atoms with van der Waals surface area (Å²) in [4.78, 5) is 27.0. The predicted molar refractivity (Wildman–Crippen MR) is 86.2 cm³/mol. The molecule has 0 heterocycles. The van der Waals surface area contributed by atoms with E-state index >= 15 is 0 Å². The first-order valence-corrected chi connectivity index (χ1v) is 6.86. The number of benzene rings is 2. The van der Waals surface area contributed by atoms with Crippen molar-refractivity contribution >= 4 is 23.0 Å². The highest BCUT2D eigenvalue weighted by Gasteiger charge is 2.29. The lowest BCUT2D eigenvalue weighted by molar-refractivity contribution is -0.112. The van der Waals surface area contributed by atoms with Gasteiger partial charge in [0.05, 0.1) is 0 Å². The molecule has 0 aliphatic carbocycles. The molecule has 0 aliphatic rings. The van der Waals surface area contributed by atoms with Crippen LogP contribution in [0.4, 0.5) is 0 Å². The molecular formula is C18H14N2O3. The molecule has 5 heteroatoms. The monoisotopic (exact) mass is 306 g/mol. The number of hydrogen-bond acceptors (Lipinski definition) is 3. The van der Waals surface area contributed by atoms with Gasteiger partial charge in [0, 0.05) is 17.2 Å². The molecule has 1 N–H and O–H groups in total. The van der Waals surface area contributed by atoms with Gasteiger partial charge in [0.25, 0.3) is 11.6 Å². The van der Waals surface area contributed by atoms with Crippen molar-refractivity contribution in [2.75, 3.05) is 0 Å². The normalized spacial score (nSPS) is 10.7. The summed E-state index contributed by atoms with van der Waals surface area (Å²) in [5.74, 6) is -1.90. The van der Waals surface area contributed by atoms with Crippen LogP contribution in [-0.2, 0) is 4.79 Å².